The van der Waals surface area contributed by atoms with Gasteiger partial charge in [0.1, 0.15) is 11.5 Å². The number of nitrogens with one attached hydrogen (secondary N) is 1. The highest BCUT2D eigenvalue weighted by molar-refractivity contribution is 6.34. The average molecular weight is 301 g/mol. The molecule has 2 aromatic carbocycles. The fourth-order valence-corrected chi connectivity index (χ4v) is 1.90. The maximum atomic E-state index is 13.0. The monoisotopic (exact) mass is 300 g/mol. The molecule has 0 spiro atoms. The van der Waals surface area contributed by atoms with Gasteiger partial charge in [-0.05, 0) is 24.3 Å². The van der Waals surface area contributed by atoms with Crippen molar-refractivity contribution in [1.29, 1.82) is 0 Å². The second-order valence-corrected chi connectivity index (χ2v) is 4.46. The van der Waals surface area contributed by atoms with E-state index in [1.165, 1.54) is 30.3 Å². The van der Waals surface area contributed by atoms with Gasteiger partial charge in [0, 0.05) is 11.8 Å². The number of nitro benzene ring substituents is 1. The number of anilines is 2. The van der Waals surface area contributed by atoms with Crippen LogP contribution in [0, 0.1) is 15.9 Å². The third kappa shape index (κ3) is 2.94. The van der Waals surface area contributed by atoms with Gasteiger partial charge < -0.3 is 5.32 Å². The second-order valence-electron chi connectivity index (χ2n) is 3.64. The van der Waals surface area contributed by atoms with Crippen molar-refractivity contribution >= 4 is 40.3 Å². The van der Waals surface area contributed by atoms with E-state index >= 15 is 0 Å². The van der Waals surface area contributed by atoms with Gasteiger partial charge in [0.05, 0.1) is 15.0 Å². The number of hydrogen-bond acceptors (Lipinski definition) is 3. The minimum atomic E-state index is -0.569. The molecule has 0 heterocycles. The number of hydrogen-bond donors (Lipinski definition) is 1. The third-order valence-electron chi connectivity index (χ3n) is 2.38. The molecule has 0 fully saturated rings. The van der Waals surface area contributed by atoms with E-state index in [0.717, 1.165) is 6.07 Å². The first-order valence-corrected chi connectivity index (χ1v) is 5.89. The number of benzene rings is 2. The Hall–Kier alpha value is -1.85. The molecule has 1 N–H and O–H groups in total. The van der Waals surface area contributed by atoms with E-state index in [4.69, 9.17) is 23.2 Å². The molecule has 2 rings (SSSR count). The highest BCUT2D eigenvalue weighted by Crippen LogP contribution is 2.35. The van der Waals surface area contributed by atoms with Crippen LogP contribution in [-0.4, -0.2) is 4.92 Å². The van der Waals surface area contributed by atoms with Crippen LogP contribution in [0.3, 0.4) is 0 Å². The minimum absolute atomic E-state index is 0.0836. The Morgan fingerprint density at radius 3 is 2.53 bits per heavy atom. The summed E-state index contributed by atoms with van der Waals surface area (Å²) in [6.45, 7) is 0. The molecule has 0 amide bonds. The van der Waals surface area contributed by atoms with Crippen LogP contribution < -0.4 is 5.32 Å². The zero-order valence-corrected chi connectivity index (χ0v) is 10.9. The number of halogens is 3. The van der Waals surface area contributed by atoms with Crippen LogP contribution in [0.4, 0.5) is 21.5 Å². The van der Waals surface area contributed by atoms with Crippen molar-refractivity contribution < 1.29 is 9.31 Å². The molecule has 0 aliphatic carbocycles. The van der Waals surface area contributed by atoms with Gasteiger partial charge in [0.25, 0.3) is 5.69 Å². The lowest BCUT2D eigenvalue weighted by Crippen LogP contribution is -1.98. The molecule has 98 valence electrons. The van der Waals surface area contributed by atoms with Gasteiger partial charge >= 0.3 is 0 Å². The number of para-hydroxylation sites is 1. The molecule has 0 aliphatic heterocycles. The van der Waals surface area contributed by atoms with E-state index in [1.807, 2.05) is 0 Å². The van der Waals surface area contributed by atoms with E-state index in [9.17, 15) is 14.5 Å². The zero-order valence-electron chi connectivity index (χ0n) is 9.36. The van der Waals surface area contributed by atoms with Gasteiger partial charge in [-0.15, -0.1) is 0 Å². The van der Waals surface area contributed by atoms with Crippen molar-refractivity contribution in [3.05, 3.63) is 62.4 Å². The van der Waals surface area contributed by atoms with Gasteiger partial charge in [-0.1, -0.05) is 29.3 Å². The summed E-state index contributed by atoms with van der Waals surface area (Å²) in [6, 6.07) is 8.20. The molecule has 0 aliphatic rings. The Morgan fingerprint density at radius 2 is 1.89 bits per heavy atom. The summed E-state index contributed by atoms with van der Waals surface area (Å²) in [5.41, 5.74) is 0.368. The molecule has 0 saturated heterocycles. The van der Waals surface area contributed by atoms with E-state index in [-0.39, 0.29) is 21.4 Å². The number of nitrogens with zero attached hydrogens (tertiary/aromatic N) is 1. The van der Waals surface area contributed by atoms with Crippen LogP contribution in [0.1, 0.15) is 0 Å². The van der Waals surface area contributed by atoms with Crippen LogP contribution in [0.2, 0.25) is 10.0 Å². The van der Waals surface area contributed by atoms with E-state index < -0.39 is 10.7 Å². The van der Waals surface area contributed by atoms with Gasteiger partial charge in [-0.3, -0.25) is 10.1 Å². The van der Waals surface area contributed by atoms with Crippen molar-refractivity contribution in [3.8, 4) is 0 Å². The van der Waals surface area contributed by atoms with Crippen molar-refractivity contribution in [2.75, 3.05) is 5.32 Å². The van der Waals surface area contributed by atoms with Crippen molar-refractivity contribution in [2.24, 2.45) is 0 Å². The summed E-state index contributed by atoms with van der Waals surface area (Å²) in [5.74, 6) is -0.569. The maximum Gasteiger partial charge on any atom is 0.294 e. The first-order valence-electron chi connectivity index (χ1n) is 5.14. The van der Waals surface area contributed by atoms with Crippen molar-refractivity contribution in [3.63, 3.8) is 0 Å². The highest BCUT2D eigenvalue weighted by Gasteiger charge is 2.17. The summed E-state index contributed by atoms with van der Waals surface area (Å²) >= 11 is 11.6. The van der Waals surface area contributed by atoms with Crippen LogP contribution in [-0.2, 0) is 0 Å². The molecule has 0 saturated carbocycles. The topological polar surface area (TPSA) is 55.2 Å². The van der Waals surface area contributed by atoms with Crippen molar-refractivity contribution in [1.82, 2.24) is 0 Å². The third-order valence-corrected chi connectivity index (χ3v) is 2.98. The first-order chi connectivity index (χ1) is 8.99. The quantitative estimate of drug-likeness (QED) is 0.655. The van der Waals surface area contributed by atoms with Gasteiger partial charge in [-0.2, -0.15) is 0 Å². The van der Waals surface area contributed by atoms with Crippen molar-refractivity contribution in [2.45, 2.75) is 0 Å². The lowest BCUT2D eigenvalue weighted by Gasteiger charge is -2.09. The predicted molar refractivity (Wildman–Crippen MR) is 72.8 cm³/mol. The lowest BCUT2D eigenvalue weighted by atomic mass is 10.2. The molecule has 0 radical (unpaired) electrons. The summed E-state index contributed by atoms with van der Waals surface area (Å²) in [7, 11) is 0. The van der Waals surface area contributed by atoms with Crippen LogP contribution in [0.15, 0.2) is 36.4 Å². The fraction of sp³-hybridized carbons (Fsp3) is 0. The Balaban J connectivity index is 2.42. The Kier molecular flexibility index (Phi) is 3.87. The number of rotatable bonds is 3. The van der Waals surface area contributed by atoms with Gasteiger partial charge in [0.15, 0.2) is 0 Å². The Labute approximate surface area is 117 Å². The molecule has 19 heavy (non-hydrogen) atoms. The smallest absolute Gasteiger partial charge is 0.294 e. The summed E-state index contributed by atoms with van der Waals surface area (Å²) < 4.78 is 13.0. The standard InChI is InChI=1S/C12H7Cl2FN2O2/c13-8-2-1-3-11(17(18)19)12(8)16-7-4-5-10(15)9(14)6-7/h1-6,16H. The maximum absolute atomic E-state index is 13.0. The molecule has 7 heteroatoms. The molecule has 0 bridgehead atoms. The minimum Gasteiger partial charge on any atom is -0.349 e. The molecule has 0 atom stereocenters. The predicted octanol–water partition coefficient (Wildman–Crippen LogP) is 4.78. The second kappa shape index (κ2) is 5.42. The van der Waals surface area contributed by atoms with E-state index in [0.29, 0.717) is 5.69 Å². The molecular weight excluding hydrogens is 294 g/mol. The van der Waals surface area contributed by atoms with Gasteiger partial charge in [0.2, 0.25) is 0 Å². The molecule has 0 aromatic heterocycles. The van der Waals surface area contributed by atoms with E-state index in [1.54, 1.807) is 0 Å². The Bertz CT molecular complexity index is 650. The summed E-state index contributed by atoms with van der Waals surface area (Å²) in [4.78, 5) is 10.3. The highest BCUT2D eigenvalue weighted by atomic mass is 35.5. The molecular formula is C12H7Cl2FN2O2. The fourth-order valence-electron chi connectivity index (χ4n) is 1.51. The number of nitro groups is 1. The molecule has 4 nitrogen and oxygen atoms in total. The summed E-state index contributed by atoms with van der Waals surface area (Å²) in [6.07, 6.45) is 0. The average Bonchev–Trinajstić information content (AvgIpc) is 2.36. The van der Waals surface area contributed by atoms with Crippen LogP contribution in [0.25, 0.3) is 0 Å². The SMILES string of the molecule is O=[N+]([O-])c1cccc(Cl)c1Nc1ccc(F)c(Cl)c1. The lowest BCUT2D eigenvalue weighted by molar-refractivity contribution is -0.383. The Morgan fingerprint density at radius 1 is 1.16 bits per heavy atom. The normalized spacial score (nSPS) is 10.3. The van der Waals surface area contributed by atoms with E-state index in [2.05, 4.69) is 5.32 Å². The van der Waals surface area contributed by atoms with Gasteiger partial charge in [-0.25, -0.2) is 4.39 Å². The largest absolute Gasteiger partial charge is 0.349 e. The molecule has 2 aromatic rings. The summed E-state index contributed by atoms with van der Waals surface area (Å²) in [5, 5.41) is 13.8. The zero-order chi connectivity index (χ0) is 14.0. The van der Waals surface area contributed by atoms with Crippen LogP contribution in [0.5, 0.6) is 0 Å². The molecule has 0 unspecified atom stereocenters. The first kappa shape index (κ1) is 13.6. The van der Waals surface area contributed by atoms with Crippen LogP contribution >= 0.6 is 23.2 Å².